The summed E-state index contributed by atoms with van der Waals surface area (Å²) >= 11 is 4.04. The summed E-state index contributed by atoms with van der Waals surface area (Å²) in [5.41, 5.74) is 8.52. The lowest BCUT2D eigenvalue weighted by Gasteiger charge is -2.19. The zero-order valence-electron chi connectivity index (χ0n) is 21.5. The fraction of sp³-hybridized carbons (Fsp3) is 0.480. The molecule has 2 amide bonds. The van der Waals surface area contributed by atoms with E-state index in [-0.39, 0.29) is 39.8 Å². The Kier molecular flexibility index (Phi) is 8.39. The molecule has 0 bridgehead atoms. The number of hydrogen-bond acceptors (Lipinski definition) is 9. The van der Waals surface area contributed by atoms with Crippen molar-refractivity contribution in [3.8, 4) is 11.4 Å². The van der Waals surface area contributed by atoms with Crippen molar-refractivity contribution in [1.82, 2.24) is 14.8 Å². The van der Waals surface area contributed by atoms with Gasteiger partial charge in [0.1, 0.15) is 5.00 Å². The number of nitrogens with one attached hydrogen (secondary N) is 1. The maximum atomic E-state index is 12.9. The van der Waals surface area contributed by atoms with Gasteiger partial charge in [-0.3, -0.25) is 14.2 Å². The number of amides is 2. The summed E-state index contributed by atoms with van der Waals surface area (Å²) in [5.74, 6) is -0.0314. The number of anilines is 1. The number of thiophene rings is 2. The second kappa shape index (κ2) is 11.4. The first-order chi connectivity index (χ1) is 17.6. The van der Waals surface area contributed by atoms with Gasteiger partial charge in [0.25, 0.3) is 5.91 Å². The molecule has 0 saturated carbocycles. The van der Waals surface area contributed by atoms with Gasteiger partial charge in [0.2, 0.25) is 5.91 Å². The van der Waals surface area contributed by atoms with Gasteiger partial charge in [-0.05, 0) is 64.0 Å². The number of rotatable bonds is 9. The van der Waals surface area contributed by atoms with Gasteiger partial charge in [-0.25, -0.2) is 4.79 Å². The van der Waals surface area contributed by atoms with E-state index in [1.165, 1.54) is 28.6 Å². The highest BCUT2D eigenvalue weighted by Crippen LogP contribution is 2.39. The van der Waals surface area contributed by atoms with Gasteiger partial charge in [-0.1, -0.05) is 18.7 Å². The lowest BCUT2D eigenvalue weighted by molar-refractivity contribution is -0.113. The molecule has 1 unspecified atom stereocenters. The van der Waals surface area contributed by atoms with Crippen LogP contribution in [0.3, 0.4) is 0 Å². The van der Waals surface area contributed by atoms with Crippen molar-refractivity contribution < 1.29 is 19.1 Å². The van der Waals surface area contributed by atoms with E-state index < -0.39 is 11.9 Å². The number of thioether (sulfide) groups is 1. The first kappa shape index (κ1) is 27.3. The van der Waals surface area contributed by atoms with Crippen molar-refractivity contribution in [1.29, 1.82) is 0 Å². The zero-order valence-corrected chi connectivity index (χ0v) is 24.0. The number of esters is 1. The highest BCUT2D eigenvalue weighted by molar-refractivity contribution is 7.99. The lowest BCUT2D eigenvalue weighted by Crippen LogP contribution is -2.17. The summed E-state index contributed by atoms with van der Waals surface area (Å²) in [5, 5.41) is 14.8. The maximum absolute atomic E-state index is 12.9. The van der Waals surface area contributed by atoms with Crippen molar-refractivity contribution in [2.75, 3.05) is 17.7 Å². The Morgan fingerprint density at radius 2 is 2.08 bits per heavy atom. The van der Waals surface area contributed by atoms with E-state index in [0.29, 0.717) is 16.6 Å². The SMILES string of the molecule is CCOC(=O)c1c(NC(=O)CSc2nnc(-c3csc4c3CCC(C)C4)n2C(C)C)sc(C(N)=O)c1C. The first-order valence-corrected chi connectivity index (χ1v) is 14.9. The molecule has 1 aliphatic carbocycles. The Balaban J connectivity index is 1.53. The minimum absolute atomic E-state index is 0.0508. The number of ether oxygens (including phenoxy) is 1. The van der Waals surface area contributed by atoms with Gasteiger partial charge in [0.05, 0.1) is 22.8 Å². The van der Waals surface area contributed by atoms with Crippen LogP contribution in [0.25, 0.3) is 11.4 Å². The molecule has 0 aromatic carbocycles. The number of fused-ring (bicyclic) bond motifs is 1. The third kappa shape index (κ3) is 5.60. The molecular formula is C25H31N5O4S3. The smallest absolute Gasteiger partial charge is 0.341 e. The lowest BCUT2D eigenvalue weighted by atomic mass is 9.88. The van der Waals surface area contributed by atoms with Crippen molar-refractivity contribution in [2.24, 2.45) is 11.7 Å². The Morgan fingerprint density at radius 3 is 2.76 bits per heavy atom. The molecule has 0 fully saturated rings. The van der Waals surface area contributed by atoms with Crippen molar-refractivity contribution in [3.63, 3.8) is 0 Å². The van der Waals surface area contributed by atoms with Gasteiger partial charge >= 0.3 is 5.97 Å². The third-order valence-electron chi connectivity index (χ3n) is 6.26. The van der Waals surface area contributed by atoms with Gasteiger partial charge in [0, 0.05) is 21.9 Å². The highest BCUT2D eigenvalue weighted by atomic mass is 32.2. The fourth-order valence-electron chi connectivity index (χ4n) is 4.47. The monoisotopic (exact) mass is 561 g/mol. The predicted molar refractivity (Wildman–Crippen MR) is 148 cm³/mol. The van der Waals surface area contributed by atoms with Gasteiger partial charge in [0.15, 0.2) is 11.0 Å². The molecule has 1 atom stereocenters. The van der Waals surface area contributed by atoms with Crippen LogP contribution in [0.4, 0.5) is 5.00 Å². The molecule has 0 saturated heterocycles. The number of nitrogens with two attached hydrogens (primary N) is 1. The second-order valence-electron chi connectivity index (χ2n) is 9.35. The second-order valence-corrected chi connectivity index (χ2v) is 12.3. The summed E-state index contributed by atoms with van der Waals surface area (Å²) in [4.78, 5) is 38.9. The molecule has 3 heterocycles. The molecule has 0 spiro atoms. The number of hydrogen-bond donors (Lipinski definition) is 2. The van der Waals surface area contributed by atoms with Gasteiger partial charge in [-0.15, -0.1) is 32.9 Å². The molecular weight excluding hydrogens is 531 g/mol. The average molecular weight is 562 g/mol. The van der Waals surface area contributed by atoms with E-state index in [1.54, 1.807) is 25.2 Å². The molecule has 1 aliphatic rings. The van der Waals surface area contributed by atoms with E-state index in [1.807, 2.05) is 0 Å². The topological polar surface area (TPSA) is 129 Å². The molecule has 3 N–H and O–H groups in total. The molecule has 12 heteroatoms. The first-order valence-electron chi connectivity index (χ1n) is 12.2. The standard InChI is InChI=1S/C25H31N5O4S3/c1-6-34-24(33)19-14(5)20(21(26)32)37-23(19)27-18(31)11-36-25-29-28-22(30(25)12(2)3)16-10-35-17-9-13(4)7-8-15(16)17/h10,12-13H,6-9,11H2,1-5H3,(H2,26,32)(H,27,31). The Morgan fingerprint density at radius 1 is 1.32 bits per heavy atom. The minimum Gasteiger partial charge on any atom is -0.462 e. The van der Waals surface area contributed by atoms with E-state index in [4.69, 9.17) is 10.5 Å². The van der Waals surface area contributed by atoms with Crippen LogP contribution in [0.1, 0.15) is 76.2 Å². The largest absolute Gasteiger partial charge is 0.462 e. The van der Waals surface area contributed by atoms with Crippen molar-refractivity contribution in [2.45, 2.75) is 65.1 Å². The predicted octanol–water partition coefficient (Wildman–Crippen LogP) is 5.09. The van der Waals surface area contributed by atoms with E-state index in [2.05, 4.69) is 46.2 Å². The Bertz CT molecular complexity index is 1340. The van der Waals surface area contributed by atoms with E-state index >= 15 is 0 Å². The third-order valence-corrected chi connectivity index (χ3v) is 9.48. The van der Waals surface area contributed by atoms with Gasteiger partial charge in [-0.2, -0.15) is 0 Å². The summed E-state index contributed by atoms with van der Waals surface area (Å²) in [6.07, 6.45) is 3.31. The van der Waals surface area contributed by atoms with Crippen LogP contribution in [0.15, 0.2) is 10.5 Å². The molecule has 3 aromatic heterocycles. The maximum Gasteiger partial charge on any atom is 0.341 e. The molecule has 0 radical (unpaired) electrons. The number of carbonyl (C=O) groups is 3. The summed E-state index contributed by atoms with van der Waals surface area (Å²) in [6.45, 7) is 9.91. The molecule has 9 nitrogen and oxygen atoms in total. The number of aromatic nitrogens is 3. The van der Waals surface area contributed by atoms with Crippen LogP contribution >= 0.6 is 34.4 Å². The van der Waals surface area contributed by atoms with E-state index in [0.717, 1.165) is 35.6 Å². The molecule has 37 heavy (non-hydrogen) atoms. The quantitative estimate of drug-likeness (QED) is 0.275. The molecule has 3 aromatic rings. The average Bonchev–Trinajstić information content (AvgIpc) is 3.52. The van der Waals surface area contributed by atoms with Crippen LogP contribution in [-0.2, 0) is 22.4 Å². The summed E-state index contributed by atoms with van der Waals surface area (Å²) in [6, 6.07) is 0.0992. The number of primary amides is 1. The normalized spacial score (nSPS) is 15.0. The van der Waals surface area contributed by atoms with Crippen LogP contribution in [0.5, 0.6) is 0 Å². The molecule has 4 rings (SSSR count). The number of nitrogens with zero attached hydrogens (tertiary/aromatic N) is 3. The highest BCUT2D eigenvalue weighted by Gasteiger charge is 2.27. The summed E-state index contributed by atoms with van der Waals surface area (Å²) < 4.78 is 7.19. The van der Waals surface area contributed by atoms with Crippen LogP contribution < -0.4 is 11.1 Å². The molecule has 0 aliphatic heterocycles. The van der Waals surface area contributed by atoms with Crippen molar-refractivity contribution in [3.05, 3.63) is 31.8 Å². The van der Waals surface area contributed by atoms with Crippen LogP contribution in [0.2, 0.25) is 0 Å². The Labute approximate surface area is 228 Å². The van der Waals surface area contributed by atoms with Crippen LogP contribution in [0, 0.1) is 12.8 Å². The Hall–Kier alpha value is -2.70. The molecule has 198 valence electrons. The van der Waals surface area contributed by atoms with Crippen molar-refractivity contribution >= 4 is 57.2 Å². The van der Waals surface area contributed by atoms with E-state index in [9.17, 15) is 14.4 Å². The van der Waals surface area contributed by atoms with Crippen LogP contribution in [-0.4, -0.2) is 44.9 Å². The zero-order chi connectivity index (χ0) is 26.9. The number of carbonyl (C=O) groups excluding carboxylic acids is 3. The van der Waals surface area contributed by atoms with Gasteiger partial charge < -0.3 is 15.8 Å². The minimum atomic E-state index is -0.662. The fourth-order valence-corrected chi connectivity index (χ4v) is 7.64. The summed E-state index contributed by atoms with van der Waals surface area (Å²) in [7, 11) is 0.